The highest BCUT2D eigenvalue weighted by molar-refractivity contribution is 6.26. The van der Waals surface area contributed by atoms with Crippen LogP contribution in [-0.4, -0.2) is 51.3 Å². The molecule has 0 bridgehead atoms. The number of nitrogens with zero attached hydrogens (tertiary/aromatic N) is 2. The van der Waals surface area contributed by atoms with E-state index in [1.54, 1.807) is 30.3 Å². The lowest BCUT2D eigenvalue weighted by Gasteiger charge is -2.39. The average molecular weight is 426 g/mol. The zero-order chi connectivity index (χ0) is 22.4. The molecule has 0 spiro atoms. The lowest BCUT2D eigenvalue weighted by molar-refractivity contribution is -0.351. The highest BCUT2D eigenvalue weighted by atomic mass is 16.7. The van der Waals surface area contributed by atoms with Crippen molar-refractivity contribution < 1.29 is 39.2 Å². The highest BCUT2D eigenvalue weighted by Crippen LogP contribution is 2.38. The summed E-state index contributed by atoms with van der Waals surface area (Å²) in [4.78, 5) is 51.1. The predicted octanol–water partition coefficient (Wildman–Crippen LogP) is 0.392. The van der Waals surface area contributed by atoms with E-state index in [9.17, 15) is 34.5 Å². The van der Waals surface area contributed by atoms with Crippen LogP contribution in [0, 0.1) is 0 Å². The molecule has 3 N–H and O–H groups in total. The first-order valence-corrected chi connectivity index (χ1v) is 9.37. The van der Waals surface area contributed by atoms with Crippen LogP contribution in [0.2, 0.25) is 0 Å². The minimum Gasteiger partial charge on any atom is -0.419 e. The van der Waals surface area contributed by atoms with Crippen LogP contribution >= 0.6 is 0 Å². The number of Topliss-reactive ketones (excluding diaryl/α,β-unsaturated/α-hetero) is 1. The van der Waals surface area contributed by atoms with Crippen molar-refractivity contribution in [3.8, 4) is 0 Å². The molecule has 1 unspecified atom stereocenters. The number of hydrogen-bond acceptors (Lipinski definition) is 8. The summed E-state index contributed by atoms with van der Waals surface area (Å²) in [6.45, 7) is -0.306. The Bertz CT molecular complexity index is 1080. The molecule has 1 atom stereocenters. The molecule has 2 heterocycles. The van der Waals surface area contributed by atoms with Crippen LogP contribution in [0.25, 0.3) is 0 Å². The number of ketones is 1. The van der Waals surface area contributed by atoms with E-state index in [-0.39, 0.29) is 18.7 Å². The van der Waals surface area contributed by atoms with Crippen molar-refractivity contribution in [1.29, 1.82) is 0 Å². The molecule has 2 aliphatic rings. The molecule has 0 radical (unpaired) electrons. The number of esters is 1. The third kappa shape index (κ3) is 3.26. The molecule has 0 saturated carbocycles. The number of urea groups is 1. The third-order valence-electron chi connectivity index (χ3n) is 5.21. The Hall–Kier alpha value is -3.60. The van der Waals surface area contributed by atoms with E-state index in [0.29, 0.717) is 5.69 Å². The van der Waals surface area contributed by atoms with E-state index in [4.69, 9.17) is 0 Å². The van der Waals surface area contributed by atoms with Crippen LogP contribution in [0.4, 0.5) is 16.2 Å². The lowest BCUT2D eigenvalue weighted by atomic mass is 9.89. The monoisotopic (exact) mass is 426 g/mol. The number of hydrogen-bond donors (Lipinski definition) is 3. The Labute approximate surface area is 175 Å². The summed E-state index contributed by atoms with van der Waals surface area (Å²) < 4.78 is 4.61. The van der Waals surface area contributed by atoms with E-state index in [1.165, 1.54) is 18.2 Å². The van der Waals surface area contributed by atoms with Gasteiger partial charge < -0.3 is 20.1 Å². The van der Waals surface area contributed by atoms with Gasteiger partial charge in [0.15, 0.2) is 0 Å². The molecule has 2 aromatic rings. The van der Waals surface area contributed by atoms with E-state index in [1.807, 2.05) is 0 Å². The van der Waals surface area contributed by atoms with Gasteiger partial charge in [-0.2, -0.15) is 0 Å². The van der Waals surface area contributed by atoms with Gasteiger partial charge in [-0.25, -0.2) is 9.69 Å². The minimum atomic E-state index is -3.29. The van der Waals surface area contributed by atoms with Crippen molar-refractivity contribution in [2.75, 3.05) is 16.3 Å². The maximum atomic E-state index is 12.9. The number of rotatable bonds is 4. The van der Waals surface area contributed by atoms with Gasteiger partial charge in [-0.05, 0) is 24.3 Å². The second kappa shape index (κ2) is 7.27. The molecule has 31 heavy (non-hydrogen) atoms. The fourth-order valence-corrected chi connectivity index (χ4v) is 3.54. The van der Waals surface area contributed by atoms with E-state index >= 15 is 0 Å². The number of anilines is 2. The molecule has 2 fully saturated rings. The van der Waals surface area contributed by atoms with Gasteiger partial charge >= 0.3 is 17.8 Å². The van der Waals surface area contributed by atoms with Crippen LogP contribution in [0.15, 0.2) is 54.6 Å². The Morgan fingerprint density at radius 2 is 1.58 bits per heavy atom. The molecule has 4 rings (SSSR count). The van der Waals surface area contributed by atoms with Gasteiger partial charge in [0.2, 0.25) is 5.78 Å². The topological polar surface area (TPSA) is 145 Å². The van der Waals surface area contributed by atoms with Crippen molar-refractivity contribution in [3.05, 3.63) is 60.2 Å². The van der Waals surface area contributed by atoms with Gasteiger partial charge in [0, 0.05) is 17.7 Å². The normalized spacial score (nSPS) is 22.2. The van der Waals surface area contributed by atoms with Gasteiger partial charge in [0.25, 0.3) is 11.7 Å². The largest absolute Gasteiger partial charge is 0.419 e. The number of carbonyl (C=O) groups excluding carboxylic acids is 4. The van der Waals surface area contributed by atoms with Crippen LogP contribution < -0.4 is 9.80 Å². The van der Waals surface area contributed by atoms with Crippen LogP contribution in [0.5, 0.6) is 0 Å². The second-order valence-corrected chi connectivity index (χ2v) is 7.20. The first-order valence-electron chi connectivity index (χ1n) is 9.37. The summed E-state index contributed by atoms with van der Waals surface area (Å²) in [7, 11) is 0. The Balaban J connectivity index is 1.67. The smallest absolute Gasteiger partial charge is 0.336 e. The van der Waals surface area contributed by atoms with Crippen LogP contribution in [0.3, 0.4) is 0 Å². The number of imide groups is 1. The van der Waals surface area contributed by atoms with Crippen molar-refractivity contribution in [2.45, 2.75) is 24.4 Å². The van der Waals surface area contributed by atoms with Crippen LogP contribution in [-0.2, 0) is 24.9 Å². The van der Waals surface area contributed by atoms with Gasteiger partial charge in [-0.15, -0.1) is 0 Å². The molecule has 160 valence electrons. The summed E-state index contributed by atoms with van der Waals surface area (Å²) in [5.41, 5.74) is 0.0812. The molecular formula is C21H18N2O8. The average Bonchev–Trinajstić information content (AvgIpc) is 3.05. The highest BCUT2D eigenvalue weighted by Gasteiger charge is 2.60. The number of carbonyl (C=O) groups is 4. The molecule has 3 amide bonds. The second-order valence-electron chi connectivity index (χ2n) is 7.20. The third-order valence-corrected chi connectivity index (χ3v) is 5.21. The Morgan fingerprint density at radius 1 is 0.903 bits per heavy atom. The molecule has 10 heteroatoms. The summed E-state index contributed by atoms with van der Waals surface area (Å²) in [5, 5.41) is 31.7. The fraction of sp³-hybridized carbons (Fsp3) is 0.238. The van der Waals surface area contributed by atoms with Gasteiger partial charge in [0.05, 0.1) is 12.1 Å². The van der Waals surface area contributed by atoms with Gasteiger partial charge in [-0.3, -0.25) is 19.3 Å². The lowest BCUT2D eigenvalue weighted by Crippen LogP contribution is -2.61. The van der Waals surface area contributed by atoms with Crippen molar-refractivity contribution in [3.63, 3.8) is 0 Å². The predicted molar refractivity (Wildman–Crippen MR) is 105 cm³/mol. The number of aliphatic hydroxyl groups is 3. The number of para-hydroxylation sites is 1. The quantitative estimate of drug-likeness (QED) is 0.362. The van der Waals surface area contributed by atoms with Crippen molar-refractivity contribution >= 4 is 35.1 Å². The van der Waals surface area contributed by atoms with E-state index in [0.717, 1.165) is 15.9 Å². The van der Waals surface area contributed by atoms with Crippen molar-refractivity contribution in [1.82, 2.24) is 0 Å². The van der Waals surface area contributed by atoms with Gasteiger partial charge in [-0.1, -0.05) is 30.3 Å². The Kier molecular flexibility index (Phi) is 4.85. The summed E-state index contributed by atoms with van der Waals surface area (Å²) in [6.07, 6.45) is -0.722. The first-order chi connectivity index (χ1) is 14.6. The van der Waals surface area contributed by atoms with E-state index < -0.39 is 47.2 Å². The molecule has 2 aliphatic heterocycles. The molecule has 0 aromatic heterocycles. The summed E-state index contributed by atoms with van der Waals surface area (Å²) >= 11 is 0. The first kappa shape index (κ1) is 20.7. The number of amides is 3. The number of ether oxygens (including phenoxy) is 1. The zero-order valence-corrected chi connectivity index (χ0v) is 16.1. The maximum Gasteiger partial charge on any atom is 0.336 e. The summed E-state index contributed by atoms with van der Waals surface area (Å²) in [6, 6.07) is 12.7. The number of benzene rings is 2. The Morgan fingerprint density at radius 3 is 2.29 bits per heavy atom. The molecular weight excluding hydrogens is 408 g/mol. The zero-order valence-electron chi connectivity index (χ0n) is 16.1. The standard InChI is InChI=1S/C21H18N2O8/c24-16-9-10-18(26)31-21(16,30)20(28,29)13-5-4-8-15(11-13)22-12-17(25)23(19(22)27)14-6-2-1-3-7-14/h1-8,11,28-30H,9-10,12H2. The summed E-state index contributed by atoms with van der Waals surface area (Å²) in [5.74, 6) is -9.03. The van der Waals surface area contributed by atoms with Crippen molar-refractivity contribution in [2.24, 2.45) is 0 Å². The molecule has 10 nitrogen and oxygen atoms in total. The van der Waals surface area contributed by atoms with Gasteiger partial charge in [0.1, 0.15) is 6.54 Å². The molecule has 2 aromatic carbocycles. The van der Waals surface area contributed by atoms with Crippen LogP contribution in [0.1, 0.15) is 18.4 Å². The van der Waals surface area contributed by atoms with E-state index in [2.05, 4.69) is 4.74 Å². The maximum absolute atomic E-state index is 12.9. The number of cyclic esters (lactones) is 1. The molecule has 2 saturated heterocycles. The fourth-order valence-electron chi connectivity index (χ4n) is 3.54. The SMILES string of the molecule is O=C1CCC(=O)C(O)(C(O)(O)c2cccc(N3CC(=O)N(c4ccccc4)C3=O)c2)O1. The minimum absolute atomic E-state index is 0.111. The molecule has 0 aliphatic carbocycles.